The molecule has 1 aliphatic rings. The maximum absolute atomic E-state index is 12.2. The number of ether oxygens (including phenoxy) is 1. The van der Waals surface area contributed by atoms with E-state index in [2.05, 4.69) is 11.7 Å². The number of anilines is 1. The molecular formula is C24H25N5O3. The number of rotatable bonds is 6. The molecule has 0 bridgehead atoms. The maximum Gasteiger partial charge on any atom is 0.254 e. The molecule has 4 N–H and O–H groups in total. The number of para-hydroxylation sites is 1. The monoisotopic (exact) mass is 431 g/mol. The van der Waals surface area contributed by atoms with Crippen LogP contribution < -0.4 is 16.2 Å². The second kappa shape index (κ2) is 8.58. The van der Waals surface area contributed by atoms with Crippen LogP contribution >= 0.6 is 0 Å². The van der Waals surface area contributed by atoms with Gasteiger partial charge < -0.3 is 21.1 Å². The molecule has 1 unspecified atom stereocenters. The zero-order chi connectivity index (χ0) is 22.8. The van der Waals surface area contributed by atoms with E-state index in [4.69, 9.17) is 16.2 Å². The summed E-state index contributed by atoms with van der Waals surface area (Å²) in [7, 11) is 0. The zero-order valence-electron chi connectivity index (χ0n) is 17.8. The molecule has 8 heteroatoms. The molecule has 164 valence electrons. The third-order valence-corrected chi connectivity index (χ3v) is 5.61. The lowest BCUT2D eigenvalue weighted by atomic mass is 10.0. The summed E-state index contributed by atoms with van der Waals surface area (Å²) in [5.74, 6) is 0.839. The standard InChI is InChI=1S/C24H25N5O3/c1-3-20(30)28-12-11-17(14-28)29-23(25)21(24(26)31)22(27-29)16-9-10-19(15(2)13-16)32-18-7-5-4-6-8-18/h3-10,13,17H,1,11-12,14,25H2,2H3,(H2,26,31). The number of nitrogens with two attached hydrogens (primary N) is 2. The van der Waals surface area contributed by atoms with Gasteiger partial charge in [-0.1, -0.05) is 24.8 Å². The molecule has 8 nitrogen and oxygen atoms in total. The first-order chi connectivity index (χ1) is 15.4. The summed E-state index contributed by atoms with van der Waals surface area (Å²) in [6, 6.07) is 14.9. The summed E-state index contributed by atoms with van der Waals surface area (Å²) in [5.41, 5.74) is 14.1. The average molecular weight is 431 g/mol. The van der Waals surface area contributed by atoms with Crippen molar-refractivity contribution in [3.63, 3.8) is 0 Å². The van der Waals surface area contributed by atoms with E-state index >= 15 is 0 Å². The van der Waals surface area contributed by atoms with Crippen LogP contribution in [0.5, 0.6) is 11.5 Å². The largest absolute Gasteiger partial charge is 0.457 e. The Balaban J connectivity index is 1.67. The number of likely N-dealkylation sites (tertiary alicyclic amines) is 1. The number of hydrogen-bond acceptors (Lipinski definition) is 5. The first-order valence-corrected chi connectivity index (χ1v) is 10.3. The number of carbonyl (C=O) groups excluding carboxylic acids is 2. The molecule has 0 saturated carbocycles. The van der Waals surface area contributed by atoms with Crippen LogP contribution in [-0.2, 0) is 4.79 Å². The lowest BCUT2D eigenvalue weighted by Crippen LogP contribution is -2.27. The van der Waals surface area contributed by atoms with Gasteiger partial charge in [0.1, 0.15) is 28.6 Å². The number of amides is 2. The van der Waals surface area contributed by atoms with Crippen LogP contribution in [0.1, 0.15) is 28.4 Å². The van der Waals surface area contributed by atoms with E-state index in [-0.39, 0.29) is 23.3 Å². The molecule has 1 aromatic heterocycles. The van der Waals surface area contributed by atoms with Crippen LogP contribution in [0.15, 0.2) is 61.2 Å². The zero-order valence-corrected chi connectivity index (χ0v) is 17.8. The molecular weight excluding hydrogens is 406 g/mol. The topological polar surface area (TPSA) is 116 Å². The van der Waals surface area contributed by atoms with Crippen LogP contribution in [0.2, 0.25) is 0 Å². The summed E-state index contributed by atoms with van der Waals surface area (Å²) in [4.78, 5) is 25.9. The first kappa shape index (κ1) is 21.2. The number of aromatic nitrogens is 2. The third kappa shape index (κ3) is 3.94. The molecule has 2 heterocycles. The molecule has 4 rings (SSSR count). The van der Waals surface area contributed by atoms with Gasteiger partial charge in [-0.05, 0) is 55.3 Å². The van der Waals surface area contributed by atoms with Gasteiger partial charge in [-0.15, -0.1) is 0 Å². The van der Waals surface area contributed by atoms with E-state index in [0.717, 1.165) is 11.3 Å². The highest BCUT2D eigenvalue weighted by molar-refractivity contribution is 6.03. The van der Waals surface area contributed by atoms with Crippen LogP contribution in [0.4, 0.5) is 5.82 Å². The molecule has 1 fully saturated rings. The highest BCUT2D eigenvalue weighted by Crippen LogP contribution is 2.34. The highest BCUT2D eigenvalue weighted by atomic mass is 16.5. The number of nitrogens with zero attached hydrogens (tertiary/aromatic N) is 3. The van der Waals surface area contributed by atoms with Gasteiger partial charge in [-0.3, -0.25) is 9.59 Å². The summed E-state index contributed by atoms with van der Waals surface area (Å²) in [6.07, 6.45) is 1.96. The molecule has 1 aliphatic heterocycles. The Morgan fingerprint density at radius 1 is 1.22 bits per heavy atom. The first-order valence-electron chi connectivity index (χ1n) is 10.3. The minimum atomic E-state index is -0.650. The van der Waals surface area contributed by atoms with E-state index in [1.807, 2.05) is 55.5 Å². The molecule has 0 aliphatic carbocycles. The van der Waals surface area contributed by atoms with Gasteiger partial charge in [-0.2, -0.15) is 5.10 Å². The maximum atomic E-state index is 12.2. The number of hydrogen-bond donors (Lipinski definition) is 2. The van der Waals surface area contributed by atoms with Gasteiger partial charge in [0, 0.05) is 18.7 Å². The summed E-state index contributed by atoms with van der Waals surface area (Å²) < 4.78 is 7.55. The second-order valence-corrected chi connectivity index (χ2v) is 7.74. The fraction of sp³-hybridized carbons (Fsp3) is 0.208. The Labute approximate surface area is 186 Å². The number of benzene rings is 2. The van der Waals surface area contributed by atoms with Crippen molar-refractivity contribution >= 4 is 17.6 Å². The van der Waals surface area contributed by atoms with Gasteiger partial charge in [0.15, 0.2) is 0 Å². The van der Waals surface area contributed by atoms with Gasteiger partial charge in [0.25, 0.3) is 5.91 Å². The minimum Gasteiger partial charge on any atom is -0.457 e. The number of carbonyl (C=O) groups is 2. The van der Waals surface area contributed by atoms with Crippen LogP contribution in [0.3, 0.4) is 0 Å². The van der Waals surface area contributed by atoms with Crippen molar-refractivity contribution in [3.8, 4) is 22.8 Å². The van der Waals surface area contributed by atoms with Crippen LogP contribution in [0.25, 0.3) is 11.3 Å². The Morgan fingerprint density at radius 2 is 1.97 bits per heavy atom. The summed E-state index contributed by atoms with van der Waals surface area (Å²) >= 11 is 0. The van der Waals surface area contributed by atoms with Gasteiger partial charge in [0.05, 0.1) is 6.04 Å². The fourth-order valence-corrected chi connectivity index (χ4v) is 3.97. The number of primary amides is 1. The number of aryl methyl sites for hydroxylation is 1. The molecule has 2 amide bonds. The van der Waals surface area contributed by atoms with E-state index < -0.39 is 5.91 Å². The second-order valence-electron chi connectivity index (χ2n) is 7.74. The van der Waals surface area contributed by atoms with E-state index in [1.165, 1.54) is 6.08 Å². The molecule has 32 heavy (non-hydrogen) atoms. The van der Waals surface area contributed by atoms with Crippen LogP contribution in [-0.4, -0.2) is 39.6 Å². The van der Waals surface area contributed by atoms with Gasteiger partial charge in [0.2, 0.25) is 5.91 Å². The smallest absolute Gasteiger partial charge is 0.254 e. The molecule has 0 radical (unpaired) electrons. The lowest BCUT2D eigenvalue weighted by Gasteiger charge is -2.15. The summed E-state index contributed by atoms with van der Waals surface area (Å²) in [6.45, 7) is 6.46. The molecule has 1 saturated heterocycles. The van der Waals surface area contributed by atoms with Gasteiger partial charge in [-0.25, -0.2) is 4.68 Å². The highest BCUT2D eigenvalue weighted by Gasteiger charge is 2.31. The SMILES string of the molecule is C=CC(=O)N1CCC(n2nc(-c3ccc(Oc4ccccc4)c(C)c3)c(C(N)=O)c2N)C1. The van der Waals surface area contributed by atoms with Crippen LogP contribution in [0, 0.1) is 6.92 Å². The van der Waals surface area contributed by atoms with Crippen molar-refractivity contribution in [1.82, 2.24) is 14.7 Å². The Kier molecular flexibility index (Phi) is 5.68. The molecule has 3 aromatic rings. The molecule has 0 spiro atoms. The average Bonchev–Trinajstić information content (AvgIpc) is 3.40. The van der Waals surface area contributed by atoms with Crippen molar-refractivity contribution in [2.75, 3.05) is 18.8 Å². The third-order valence-electron chi connectivity index (χ3n) is 5.61. The summed E-state index contributed by atoms with van der Waals surface area (Å²) in [5, 5.41) is 4.64. The predicted molar refractivity (Wildman–Crippen MR) is 122 cm³/mol. The van der Waals surface area contributed by atoms with E-state index in [0.29, 0.717) is 36.5 Å². The van der Waals surface area contributed by atoms with Crippen molar-refractivity contribution in [3.05, 3.63) is 72.3 Å². The van der Waals surface area contributed by atoms with Crippen molar-refractivity contribution < 1.29 is 14.3 Å². The van der Waals surface area contributed by atoms with Crippen molar-refractivity contribution in [1.29, 1.82) is 0 Å². The van der Waals surface area contributed by atoms with E-state index in [9.17, 15) is 9.59 Å². The molecule has 2 aromatic carbocycles. The predicted octanol–water partition coefficient (Wildman–Crippen LogP) is 3.29. The quantitative estimate of drug-likeness (QED) is 0.581. The van der Waals surface area contributed by atoms with Crippen molar-refractivity contribution in [2.24, 2.45) is 5.73 Å². The lowest BCUT2D eigenvalue weighted by molar-refractivity contribution is -0.125. The Bertz CT molecular complexity index is 1190. The molecule has 1 atom stereocenters. The number of nitrogen functional groups attached to an aromatic ring is 1. The van der Waals surface area contributed by atoms with E-state index in [1.54, 1.807) is 9.58 Å². The van der Waals surface area contributed by atoms with Crippen molar-refractivity contribution in [2.45, 2.75) is 19.4 Å². The van der Waals surface area contributed by atoms with Gasteiger partial charge >= 0.3 is 0 Å². The Hall–Kier alpha value is -4.07. The normalized spacial score (nSPS) is 15.5. The fourth-order valence-electron chi connectivity index (χ4n) is 3.97. The Morgan fingerprint density at radius 3 is 2.62 bits per heavy atom. The minimum absolute atomic E-state index is 0.141.